The number of unbranched alkanes of at least 4 members (excludes halogenated alkanes) is 63. The lowest BCUT2D eigenvalue weighted by Crippen LogP contribution is -2.30. The number of aliphatic hydroxyl groups is 1. The molecule has 19 heteroatoms. The van der Waals surface area contributed by atoms with Gasteiger partial charge in [0, 0.05) is 25.7 Å². The highest BCUT2D eigenvalue weighted by molar-refractivity contribution is 7.47. The van der Waals surface area contributed by atoms with Crippen LogP contribution in [0, 0.1) is 0 Å². The number of hydrogen-bond acceptors (Lipinski definition) is 15. The number of hydrogen-bond donors (Lipinski definition) is 3. The summed E-state index contributed by atoms with van der Waals surface area (Å²) < 4.78 is 69.0. The highest BCUT2D eigenvalue weighted by Gasteiger charge is 2.30. The summed E-state index contributed by atoms with van der Waals surface area (Å²) in [6.07, 6.45) is 77.7. The number of esters is 4. The van der Waals surface area contributed by atoms with E-state index >= 15 is 0 Å². The van der Waals surface area contributed by atoms with E-state index in [2.05, 4.69) is 27.7 Å². The lowest BCUT2D eigenvalue weighted by Gasteiger charge is -2.21. The molecule has 0 spiro atoms. The molecule has 0 saturated heterocycles. The predicted octanol–water partition coefficient (Wildman–Crippen LogP) is 27.3. The van der Waals surface area contributed by atoms with Crippen molar-refractivity contribution < 1.29 is 80.2 Å². The number of carbonyl (C=O) groups is 4. The van der Waals surface area contributed by atoms with E-state index in [0.717, 1.165) is 89.9 Å². The maximum absolute atomic E-state index is 13.2. The molecule has 0 rings (SSSR count). The van der Waals surface area contributed by atoms with Crippen LogP contribution in [0.5, 0.6) is 0 Å². The Hall–Kier alpha value is -1.94. The Labute approximate surface area is 658 Å². The second-order valence-electron chi connectivity index (χ2n) is 31.6. The van der Waals surface area contributed by atoms with Crippen molar-refractivity contribution in [1.29, 1.82) is 0 Å². The number of phosphoric acid groups is 2. The van der Waals surface area contributed by atoms with Crippen molar-refractivity contribution in [2.75, 3.05) is 39.6 Å². The van der Waals surface area contributed by atoms with E-state index in [0.29, 0.717) is 25.7 Å². The van der Waals surface area contributed by atoms with E-state index in [9.17, 15) is 43.2 Å². The van der Waals surface area contributed by atoms with Gasteiger partial charge in [-0.1, -0.05) is 432 Å². The standard InChI is InChI=1S/C88H172O17P2/c1-5-9-13-17-21-25-29-33-36-39-41-44-46-49-53-57-61-65-69-73-86(91)99-79-84(105-88(93)75-71-67-63-59-55-51-48-45-42-40-37-34-30-26-22-18-14-10-6-2)81-103-107(96,97)101-77-82(89)76-100-106(94,95)102-80-83(78-98-85(90)72-68-64-60-56-52-32-28-24-20-16-12-8-4)104-87(92)74-70-66-62-58-54-50-47-43-38-35-31-27-23-19-15-11-7-3/h82-84,89H,5-81H2,1-4H3,(H,94,95)(H,96,97)/t82?,83-,84-/m1/s1. The topological polar surface area (TPSA) is 237 Å². The second kappa shape index (κ2) is 82.1. The lowest BCUT2D eigenvalue weighted by atomic mass is 10.0. The van der Waals surface area contributed by atoms with Crippen molar-refractivity contribution in [2.45, 2.75) is 502 Å². The highest BCUT2D eigenvalue weighted by atomic mass is 31.2. The smallest absolute Gasteiger partial charge is 0.462 e. The molecule has 0 bridgehead atoms. The molecule has 3 unspecified atom stereocenters. The van der Waals surface area contributed by atoms with Gasteiger partial charge in [-0.3, -0.25) is 37.3 Å². The number of rotatable bonds is 89. The first kappa shape index (κ1) is 105. The molecule has 3 N–H and O–H groups in total. The zero-order valence-corrected chi connectivity index (χ0v) is 71.9. The molecule has 0 aromatic rings. The summed E-state index contributed by atoms with van der Waals surface area (Å²) in [6, 6.07) is 0. The fourth-order valence-corrected chi connectivity index (χ4v) is 15.5. The van der Waals surface area contributed by atoms with Crippen LogP contribution in [0.25, 0.3) is 0 Å². The molecule has 0 saturated carbocycles. The predicted molar refractivity (Wildman–Crippen MR) is 442 cm³/mol. The monoisotopic (exact) mass is 1560 g/mol. The van der Waals surface area contributed by atoms with Gasteiger partial charge < -0.3 is 33.8 Å². The van der Waals surface area contributed by atoms with Crippen LogP contribution in [0.15, 0.2) is 0 Å². The van der Waals surface area contributed by atoms with Crippen molar-refractivity contribution in [3.05, 3.63) is 0 Å². The SMILES string of the molecule is CCCCCCCCCCCCCCCCCCCCCC(=O)OC[C@H](COP(=O)(O)OCC(O)COP(=O)(O)OC[C@@H](COC(=O)CCCCCCCCCCCCCC)OC(=O)CCCCCCCCCCCCCCCCCCC)OC(=O)CCCCCCCCCCCCCCCCCCCCC. The summed E-state index contributed by atoms with van der Waals surface area (Å²) in [4.78, 5) is 73.3. The third-order valence-corrected chi connectivity index (χ3v) is 22.8. The van der Waals surface area contributed by atoms with Crippen LogP contribution in [-0.2, 0) is 65.4 Å². The Balaban J connectivity index is 5.25. The third kappa shape index (κ3) is 81.9. The van der Waals surface area contributed by atoms with Gasteiger partial charge in [0.05, 0.1) is 26.4 Å². The molecule has 0 fully saturated rings. The molecule has 17 nitrogen and oxygen atoms in total. The van der Waals surface area contributed by atoms with Crippen LogP contribution in [0.4, 0.5) is 0 Å². The molecule has 0 aliphatic carbocycles. The minimum atomic E-state index is -4.97. The normalized spacial score (nSPS) is 13.7. The van der Waals surface area contributed by atoms with Crippen LogP contribution < -0.4 is 0 Å². The van der Waals surface area contributed by atoms with Crippen molar-refractivity contribution in [3.63, 3.8) is 0 Å². The van der Waals surface area contributed by atoms with E-state index in [4.69, 9.17) is 37.0 Å². The molecule has 636 valence electrons. The molecule has 0 aliphatic heterocycles. The van der Waals surface area contributed by atoms with Crippen molar-refractivity contribution in [2.24, 2.45) is 0 Å². The van der Waals surface area contributed by atoms with Gasteiger partial charge in [-0.25, -0.2) is 9.13 Å². The molecular formula is C88H172O17P2. The van der Waals surface area contributed by atoms with E-state index in [-0.39, 0.29) is 25.7 Å². The summed E-state index contributed by atoms with van der Waals surface area (Å²) in [5, 5.41) is 10.7. The molecule has 0 aromatic heterocycles. The Morgan fingerprint density at radius 3 is 0.551 bits per heavy atom. The molecule has 0 radical (unpaired) electrons. The molecule has 5 atom stereocenters. The summed E-state index contributed by atoms with van der Waals surface area (Å²) in [5.41, 5.74) is 0. The first-order chi connectivity index (χ1) is 52.2. The van der Waals surface area contributed by atoms with E-state index in [1.165, 1.54) is 315 Å². The summed E-state index contributed by atoms with van der Waals surface area (Å²) >= 11 is 0. The second-order valence-corrected chi connectivity index (χ2v) is 34.5. The number of carbonyl (C=O) groups excluding carboxylic acids is 4. The molecule has 0 heterocycles. The van der Waals surface area contributed by atoms with Crippen LogP contribution in [-0.4, -0.2) is 96.7 Å². The third-order valence-electron chi connectivity index (χ3n) is 20.9. The maximum Gasteiger partial charge on any atom is 0.472 e. The Bertz CT molecular complexity index is 2020. The van der Waals surface area contributed by atoms with E-state index < -0.39 is 97.5 Å². The summed E-state index contributed by atoms with van der Waals surface area (Å²) in [7, 11) is -9.93. The minimum Gasteiger partial charge on any atom is -0.462 e. The Kier molecular flexibility index (Phi) is 80.6. The Morgan fingerprint density at radius 2 is 0.374 bits per heavy atom. The van der Waals surface area contributed by atoms with Gasteiger partial charge in [-0.15, -0.1) is 0 Å². The van der Waals surface area contributed by atoms with Crippen LogP contribution in [0.3, 0.4) is 0 Å². The van der Waals surface area contributed by atoms with E-state index in [1.54, 1.807) is 0 Å². The van der Waals surface area contributed by atoms with Gasteiger partial charge >= 0.3 is 39.5 Å². The number of phosphoric ester groups is 2. The van der Waals surface area contributed by atoms with Gasteiger partial charge in [-0.05, 0) is 25.7 Å². The lowest BCUT2D eigenvalue weighted by molar-refractivity contribution is -0.161. The number of ether oxygens (including phenoxy) is 4. The van der Waals surface area contributed by atoms with Crippen molar-refractivity contribution in [3.8, 4) is 0 Å². The fourth-order valence-electron chi connectivity index (χ4n) is 13.9. The highest BCUT2D eigenvalue weighted by Crippen LogP contribution is 2.45. The quantitative estimate of drug-likeness (QED) is 0.0222. The Morgan fingerprint density at radius 1 is 0.224 bits per heavy atom. The van der Waals surface area contributed by atoms with Crippen molar-refractivity contribution >= 4 is 39.5 Å². The van der Waals surface area contributed by atoms with Crippen LogP contribution in [0.2, 0.25) is 0 Å². The van der Waals surface area contributed by atoms with Gasteiger partial charge in [0.25, 0.3) is 0 Å². The maximum atomic E-state index is 13.2. The van der Waals surface area contributed by atoms with Crippen LogP contribution >= 0.6 is 15.6 Å². The zero-order valence-electron chi connectivity index (χ0n) is 70.1. The summed E-state index contributed by atoms with van der Waals surface area (Å²) in [5.74, 6) is -2.09. The van der Waals surface area contributed by atoms with Gasteiger partial charge in [0.2, 0.25) is 0 Å². The van der Waals surface area contributed by atoms with Crippen LogP contribution in [0.1, 0.15) is 484 Å². The summed E-state index contributed by atoms with van der Waals surface area (Å²) in [6.45, 7) is 5.08. The van der Waals surface area contributed by atoms with Gasteiger partial charge in [0.15, 0.2) is 12.2 Å². The average molecular weight is 1560 g/mol. The molecular weight excluding hydrogens is 1390 g/mol. The van der Waals surface area contributed by atoms with Gasteiger partial charge in [0.1, 0.15) is 19.3 Å². The largest absolute Gasteiger partial charge is 0.472 e. The first-order valence-electron chi connectivity index (χ1n) is 45.8. The number of aliphatic hydroxyl groups excluding tert-OH is 1. The minimum absolute atomic E-state index is 0.110. The van der Waals surface area contributed by atoms with Crippen molar-refractivity contribution in [1.82, 2.24) is 0 Å². The molecule has 107 heavy (non-hydrogen) atoms. The molecule has 0 aliphatic rings. The molecule has 0 amide bonds. The fraction of sp³-hybridized carbons (Fsp3) is 0.955. The van der Waals surface area contributed by atoms with Gasteiger partial charge in [-0.2, -0.15) is 0 Å². The van der Waals surface area contributed by atoms with E-state index in [1.807, 2.05) is 0 Å². The average Bonchev–Trinajstić information content (AvgIpc) is 0.902. The molecule has 0 aromatic carbocycles. The first-order valence-corrected chi connectivity index (χ1v) is 48.8. The zero-order chi connectivity index (χ0) is 78.1.